The van der Waals surface area contributed by atoms with Gasteiger partial charge in [-0.2, -0.15) is 4.57 Å². The van der Waals surface area contributed by atoms with Crippen molar-refractivity contribution in [3.63, 3.8) is 0 Å². The lowest BCUT2D eigenvalue weighted by molar-refractivity contribution is -0.666. The number of rotatable bonds is 5. The SMILES string of the molecule is Cc1cc[n+](C)c(-c2c(C)ccc3c2-c2ccccc2C3(C)C)c1.Cc1ccc2c(c1-c1c(C)ccc[n+]1C)-c1ccccc1C2(C)C.Cc1ccc2c(c1-c1cccc(C)[n+]1C)-c1ccccc1C2(C)C.[2H]C([2H])([2H])c1c[n+](C)c(-c2c(C)ccc3c2-c2ccccc2C3(C)C)cc1C.[2H]c1ccc(-c2c(C)ccc3c2-c2ccccc2C3(C)C)[n+](C)c1. The van der Waals surface area contributed by atoms with Gasteiger partial charge in [0.05, 0.1) is 29.2 Å². The Morgan fingerprint density at radius 3 is 0.967 bits per heavy atom. The fourth-order valence-electron chi connectivity index (χ4n) is 20.8. The van der Waals surface area contributed by atoms with E-state index < -0.39 is 6.85 Å². The lowest BCUT2D eigenvalue weighted by Crippen LogP contribution is -2.34. The summed E-state index contributed by atoms with van der Waals surface area (Å²) in [4.78, 5) is 0. The molecule has 0 amide bonds. The summed E-state index contributed by atoms with van der Waals surface area (Å²) in [7, 11) is 10.4. The second-order valence-corrected chi connectivity index (χ2v) is 37.2. The van der Waals surface area contributed by atoms with Gasteiger partial charge in [0.15, 0.2) is 30.5 Å². The molecule has 5 heteroatoms. The van der Waals surface area contributed by atoms with Crippen molar-refractivity contribution < 1.29 is 28.3 Å². The average molecular weight is 1580 g/mol. The average Bonchev–Trinajstić information content (AvgIpc) is 1.58. The van der Waals surface area contributed by atoms with Crippen LogP contribution in [-0.2, 0) is 62.3 Å². The van der Waals surface area contributed by atoms with E-state index in [4.69, 9.17) is 5.48 Å². The minimum Gasteiger partial charge on any atom is -0.201 e. The van der Waals surface area contributed by atoms with Gasteiger partial charge in [-0.1, -0.05) is 251 Å². The van der Waals surface area contributed by atoms with Crippen LogP contribution in [-0.4, -0.2) is 0 Å². The molecule has 0 fully saturated rings. The van der Waals surface area contributed by atoms with Crippen LogP contribution >= 0.6 is 0 Å². The van der Waals surface area contributed by atoms with Crippen LogP contribution in [0.15, 0.2) is 273 Å². The zero-order valence-electron chi connectivity index (χ0n) is 79.1. The van der Waals surface area contributed by atoms with E-state index >= 15 is 0 Å². The number of fused-ring (bicyclic) bond motifs is 15. The highest BCUT2D eigenvalue weighted by Crippen LogP contribution is 2.58. The van der Waals surface area contributed by atoms with Crippen molar-refractivity contribution in [2.75, 3.05) is 0 Å². The molecule has 0 bridgehead atoms. The zero-order valence-corrected chi connectivity index (χ0v) is 75.1. The number of nitrogens with zero attached hydrogens (tertiary/aromatic N) is 5. The van der Waals surface area contributed by atoms with Gasteiger partial charge >= 0.3 is 0 Å². The van der Waals surface area contributed by atoms with Gasteiger partial charge in [0.25, 0.3) is 0 Å². The molecule has 0 spiro atoms. The molecule has 10 aromatic carbocycles. The van der Waals surface area contributed by atoms with Crippen LogP contribution in [0.5, 0.6) is 0 Å². The van der Waals surface area contributed by atoms with E-state index in [0.717, 1.165) is 17.0 Å². The van der Waals surface area contributed by atoms with Crippen molar-refractivity contribution in [3.05, 3.63) is 385 Å². The summed E-state index contributed by atoms with van der Waals surface area (Å²) >= 11 is 0. The molecular formula is C115H120N5+5. The molecule has 5 nitrogen and oxygen atoms in total. The highest BCUT2D eigenvalue weighted by Gasteiger charge is 2.44. The van der Waals surface area contributed by atoms with Gasteiger partial charge in [-0.05, 0) is 203 Å². The Balaban J connectivity index is 0.000000115. The molecule has 5 aromatic heterocycles. The van der Waals surface area contributed by atoms with Crippen molar-refractivity contribution in [3.8, 4) is 112 Å². The Morgan fingerprint density at radius 1 is 0.242 bits per heavy atom. The third kappa shape index (κ3) is 13.3. The van der Waals surface area contributed by atoms with Crippen LogP contribution in [0.1, 0.15) is 186 Å². The van der Waals surface area contributed by atoms with Gasteiger partial charge in [-0.25, -0.2) is 18.3 Å². The molecule has 20 rings (SSSR count). The molecule has 120 heavy (non-hydrogen) atoms. The van der Waals surface area contributed by atoms with Gasteiger partial charge < -0.3 is 0 Å². The highest BCUT2D eigenvalue weighted by atomic mass is 15.0. The number of benzene rings is 10. The van der Waals surface area contributed by atoms with Gasteiger partial charge in [0.1, 0.15) is 35.2 Å². The molecule has 0 radical (unpaired) electrons. The van der Waals surface area contributed by atoms with Crippen molar-refractivity contribution in [1.82, 2.24) is 0 Å². The van der Waals surface area contributed by atoms with E-state index in [0.29, 0.717) is 11.6 Å². The molecule has 0 unspecified atom stereocenters. The molecule has 5 aliphatic carbocycles. The van der Waals surface area contributed by atoms with Gasteiger partial charge in [0, 0.05) is 126 Å². The minimum atomic E-state index is -2.11. The van der Waals surface area contributed by atoms with Crippen molar-refractivity contribution in [2.24, 2.45) is 35.2 Å². The van der Waals surface area contributed by atoms with Crippen LogP contribution in [0.4, 0.5) is 0 Å². The number of hydrogen-bond donors (Lipinski definition) is 0. The van der Waals surface area contributed by atoms with Gasteiger partial charge in [-0.3, -0.25) is 0 Å². The Hall–Kier alpha value is -12.1. The first-order chi connectivity index (χ1) is 58.7. The Kier molecular flexibility index (Phi) is 19.6. The van der Waals surface area contributed by atoms with Crippen molar-refractivity contribution in [2.45, 2.75) is 165 Å². The third-order valence-corrected chi connectivity index (χ3v) is 27.7. The summed E-state index contributed by atoms with van der Waals surface area (Å²) in [6, 6.07) is 88.7. The first kappa shape index (κ1) is 76.6. The van der Waals surface area contributed by atoms with E-state index in [2.05, 4.69) is 407 Å². The first-order valence-corrected chi connectivity index (χ1v) is 42.8. The highest BCUT2D eigenvalue weighted by molar-refractivity contribution is 5.98. The quantitative estimate of drug-likeness (QED) is 0.153. The summed E-state index contributed by atoms with van der Waals surface area (Å²) in [5.74, 6) is 0. The number of hydrogen-bond acceptors (Lipinski definition) is 0. The summed E-state index contributed by atoms with van der Waals surface area (Å²) in [5.41, 5.74) is 52.1. The lowest BCUT2D eigenvalue weighted by Gasteiger charge is -2.22. The second kappa shape index (κ2) is 30.6. The van der Waals surface area contributed by atoms with Crippen LogP contribution < -0.4 is 22.8 Å². The fraction of sp³-hybridized carbons (Fsp3) is 0.261. The normalized spacial score (nSPS) is 15.0. The number of aromatic nitrogens is 5. The smallest absolute Gasteiger partial charge is 0.201 e. The molecule has 15 aromatic rings. The van der Waals surface area contributed by atoms with Crippen LogP contribution in [0, 0.1) is 69.2 Å². The molecule has 0 saturated carbocycles. The lowest BCUT2D eigenvalue weighted by atomic mass is 9.81. The molecule has 5 aliphatic rings. The van der Waals surface area contributed by atoms with Crippen LogP contribution in [0.3, 0.4) is 0 Å². The molecular weight excluding hydrogens is 1450 g/mol. The molecule has 600 valence electrons. The van der Waals surface area contributed by atoms with E-state index in [-0.39, 0.29) is 27.1 Å². The summed E-state index contributed by atoms with van der Waals surface area (Å²) in [6.07, 6.45) is 7.95. The topological polar surface area (TPSA) is 19.4 Å². The molecule has 0 aliphatic heterocycles. The van der Waals surface area contributed by atoms with Crippen molar-refractivity contribution >= 4 is 0 Å². The predicted molar refractivity (Wildman–Crippen MR) is 500 cm³/mol. The Bertz CT molecular complexity index is 6750. The monoisotopic (exact) mass is 1570 g/mol. The summed E-state index contributed by atoms with van der Waals surface area (Å²) in [5, 5.41) is 0. The van der Waals surface area contributed by atoms with Gasteiger partial charge in [0.2, 0.25) is 28.5 Å². The Morgan fingerprint density at radius 2 is 0.583 bits per heavy atom. The Labute approximate surface area is 721 Å². The van der Waals surface area contributed by atoms with E-state index in [1.165, 1.54) is 201 Å². The maximum atomic E-state index is 7.86. The van der Waals surface area contributed by atoms with Crippen LogP contribution in [0.25, 0.3) is 112 Å². The fourth-order valence-corrected chi connectivity index (χ4v) is 20.8. The van der Waals surface area contributed by atoms with Gasteiger partial charge in [-0.15, -0.1) is 0 Å². The zero-order chi connectivity index (χ0) is 88.7. The largest absolute Gasteiger partial charge is 0.216 e. The minimum absolute atomic E-state index is 0.0162. The maximum Gasteiger partial charge on any atom is 0.216 e. The summed E-state index contributed by atoms with van der Waals surface area (Å²) in [6.45, 7) is 40.5. The third-order valence-electron chi connectivity index (χ3n) is 27.7. The number of aryl methyl sites for hydroxylation is 14. The molecule has 0 N–H and O–H groups in total. The van der Waals surface area contributed by atoms with E-state index in [1.807, 2.05) is 43.9 Å². The molecule has 5 heterocycles. The standard InChI is InChI=1S/C24H26N.3C23H24N.C22H22N/c1-15-11-12-20-23(18-9-7-8-10-19(18)24(20,4)5)22(15)21-13-16(2)17(3)14-25(21)6;1-15-12-13-19-21(17-10-6-7-11-18(17)23(19,3)4)20(15)22-16(2)9-8-14-24(22)5;1-15-13-14-19-22(17-10-6-7-11-18(17)23(19,3)4)21(15)20-12-8-9-16(2)24(20)5;1-15-12-13-24(5)20(14-15)21-16(2)10-11-19-22(21)17-8-6-7-9-18(17)23(19,3)4;1-15-12-13-18-21(20(15)19-11-7-8-14-23(19)4)16-9-5-6-10-17(16)22(18,2)3/h7-14H,1-6H3;3*6-14H,1-5H3;5-14H,1-4H3/q5*+1/i3D3;;;;8D. The van der Waals surface area contributed by atoms with Crippen LogP contribution in [0.2, 0.25) is 0 Å². The molecule has 0 saturated heterocycles. The second-order valence-electron chi connectivity index (χ2n) is 37.2. The summed E-state index contributed by atoms with van der Waals surface area (Å²) < 4.78 is 42.1. The van der Waals surface area contributed by atoms with E-state index in [1.54, 1.807) is 6.20 Å². The number of pyridine rings is 5. The van der Waals surface area contributed by atoms with Crippen molar-refractivity contribution in [1.29, 1.82) is 0 Å². The maximum absolute atomic E-state index is 7.86. The first-order valence-electron chi connectivity index (χ1n) is 44.8. The van der Waals surface area contributed by atoms with E-state index in [9.17, 15) is 0 Å². The molecule has 0 atom stereocenters. The predicted octanol–water partition coefficient (Wildman–Crippen LogP) is 25.5.